The second-order valence-electron chi connectivity index (χ2n) is 6.12. The van der Waals surface area contributed by atoms with Crippen molar-refractivity contribution in [2.45, 2.75) is 83.8 Å². The molecular weight excluding hydrogens is 250 g/mol. The lowest BCUT2D eigenvalue weighted by molar-refractivity contribution is 0.0165. The van der Waals surface area contributed by atoms with Gasteiger partial charge in [-0.25, -0.2) is 0 Å². The molecule has 0 radical (unpaired) electrons. The van der Waals surface area contributed by atoms with Crippen molar-refractivity contribution in [2.75, 3.05) is 26.4 Å². The highest BCUT2D eigenvalue weighted by Gasteiger charge is 2.14. The first-order valence-electron chi connectivity index (χ1n) is 8.75. The van der Waals surface area contributed by atoms with Gasteiger partial charge in [0.05, 0.1) is 12.7 Å². The van der Waals surface area contributed by atoms with Crippen molar-refractivity contribution in [1.82, 2.24) is 5.32 Å². The first-order chi connectivity index (χ1) is 9.83. The fourth-order valence-electron chi connectivity index (χ4n) is 2.67. The molecule has 0 aromatic carbocycles. The fraction of sp³-hybridized carbons (Fsp3) is 1.00. The Morgan fingerprint density at radius 3 is 2.80 bits per heavy atom. The third-order valence-corrected chi connectivity index (χ3v) is 4.03. The second kappa shape index (κ2) is 12.6. The van der Waals surface area contributed by atoms with Crippen molar-refractivity contribution in [3.63, 3.8) is 0 Å². The molecule has 20 heavy (non-hydrogen) atoms. The molecule has 1 N–H and O–H groups in total. The minimum absolute atomic E-state index is 0.366. The molecule has 2 unspecified atom stereocenters. The number of ether oxygens (including phenoxy) is 2. The van der Waals surface area contributed by atoms with E-state index in [0.29, 0.717) is 12.1 Å². The van der Waals surface area contributed by atoms with Crippen LogP contribution in [0.2, 0.25) is 0 Å². The Kier molecular flexibility index (Phi) is 11.3. The smallest absolute Gasteiger partial charge is 0.0809 e. The van der Waals surface area contributed by atoms with Crippen LogP contribution in [0.1, 0.15) is 71.6 Å². The Balaban J connectivity index is 1.78. The van der Waals surface area contributed by atoms with Gasteiger partial charge >= 0.3 is 0 Å². The monoisotopic (exact) mass is 285 g/mol. The summed E-state index contributed by atoms with van der Waals surface area (Å²) >= 11 is 0. The zero-order valence-corrected chi connectivity index (χ0v) is 13.7. The number of hydrogen-bond acceptors (Lipinski definition) is 3. The van der Waals surface area contributed by atoms with E-state index in [1.165, 1.54) is 51.4 Å². The molecule has 1 saturated heterocycles. The third-order valence-electron chi connectivity index (χ3n) is 4.03. The van der Waals surface area contributed by atoms with Crippen LogP contribution in [0.5, 0.6) is 0 Å². The maximum Gasteiger partial charge on any atom is 0.0809 e. The zero-order valence-electron chi connectivity index (χ0n) is 13.7. The summed E-state index contributed by atoms with van der Waals surface area (Å²) in [5.74, 6) is 0. The van der Waals surface area contributed by atoms with Crippen LogP contribution in [-0.2, 0) is 9.47 Å². The first kappa shape index (κ1) is 17.9. The molecule has 0 saturated carbocycles. The van der Waals surface area contributed by atoms with E-state index in [9.17, 15) is 0 Å². The molecule has 1 fully saturated rings. The highest BCUT2D eigenvalue weighted by Crippen LogP contribution is 2.11. The van der Waals surface area contributed by atoms with Crippen molar-refractivity contribution in [3.8, 4) is 0 Å². The van der Waals surface area contributed by atoms with Gasteiger partial charge in [-0.2, -0.15) is 0 Å². The van der Waals surface area contributed by atoms with Crippen LogP contribution in [0, 0.1) is 0 Å². The lowest BCUT2D eigenvalue weighted by Gasteiger charge is -2.14. The van der Waals surface area contributed by atoms with Crippen LogP contribution in [-0.4, -0.2) is 38.5 Å². The predicted molar refractivity (Wildman–Crippen MR) is 85.3 cm³/mol. The number of nitrogens with one attached hydrogen (secondary N) is 1. The Morgan fingerprint density at radius 1 is 1.20 bits per heavy atom. The van der Waals surface area contributed by atoms with Crippen molar-refractivity contribution in [3.05, 3.63) is 0 Å². The average molecular weight is 285 g/mol. The van der Waals surface area contributed by atoms with Crippen molar-refractivity contribution in [1.29, 1.82) is 0 Å². The molecule has 1 aliphatic heterocycles. The van der Waals surface area contributed by atoms with E-state index in [1.54, 1.807) is 0 Å². The van der Waals surface area contributed by atoms with Gasteiger partial charge in [0.25, 0.3) is 0 Å². The number of rotatable bonds is 13. The molecular formula is C17H35NO2. The molecule has 1 rings (SSSR count). The van der Waals surface area contributed by atoms with E-state index in [1.807, 2.05) is 0 Å². The molecule has 0 aromatic heterocycles. The minimum atomic E-state index is 0.366. The second-order valence-corrected chi connectivity index (χ2v) is 6.12. The van der Waals surface area contributed by atoms with Crippen LogP contribution in [0.3, 0.4) is 0 Å². The van der Waals surface area contributed by atoms with Gasteiger partial charge in [0.15, 0.2) is 0 Å². The summed E-state index contributed by atoms with van der Waals surface area (Å²) in [5, 5.41) is 3.59. The Morgan fingerprint density at radius 2 is 2.05 bits per heavy atom. The largest absolute Gasteiger partial charge is 0.379 e. The molecule has 0 aliphatic carbocycles. The summed E-state index contributed by atoms with van der Waals surface area (Å²) < 4.78 is 11.2. The maximum atomic E-state index is 5.66. The van der Waals surface area contributed by atoms with E-state index in [-0.39, 0.29) is 0 Å². The summed E-state index contributed by atoms with van der Waals surface area (Å²) in [5.41, 5.74) is 0. The quantitative estimate of drug-likeness (QED) is 0.520. The van der Waals surface area contributed by atoms with E-state index < -0.39 is 0 Å². The SMILES string of the molecule is CCCCCCCC(C)NCCCOCC1CCCO1. The number of hydrogen-bond donors (Lipinski definition) is 1. The fourth-order valence-corrected chi connectivity index (χ4v) is 2.67. The van der Waals surface area contributed by atoms with E-state index in [0.717, 1.165) is 32.8 Å². The van der Waals surface area contributed by atoms with Crippen LogP contribution in [0.25, 0.3) is 0 Å². The average Bonchev–Trinajstić information content (AvgIpc) is 2.95. The van der Waals surface area contributed by atoms with E-state index in [2.05, 4.69) is 19.2 Å². The predicted octanol–water partition coefficient (Wildman–Crippen LogP) is 3.91. The van der Waals surface area contributed by atoms with Gasteiger partial charge in [0, 0.05) is 19.3 Å². The van der Waals surface area contributed by atoms with Crippen molar-refractivity contribution in [2.24, 2.45) is 0 Å². The maximum absolute atomic E-state index is 5.66. The van der Waals surface area contributed by atoms with Gasteiger partial charge in [-0.3, -0.25) is 0 Å². The van der Waals surface area contributed by atoms with Gasteiger partial charge in [0.1, 0.15) is 0 Å². The summed E-state index contributed by atoms with van der Waals surface area (Å²) in [6, 6.07) is 0.648. The van der Waals surface area contributed by atoms with Crippen LogP contribution in [0.4, 0.5) is 0 Å². The highest BCUT2D eigenvalue weighted by molar-refractivity contribution is 4.64. The highest BCUT2D eigenvalue weighted by atomic mass is 16.5. The van der Waals surface area contributed by atoms with Gasteiger partial charge in [-0.1, -0.05) is 39.0 Å². The Labute approximate surface area is 125 Å². The molecule has 1 heterocycles. The summed E-state index contributed by atoms with van der Waals surface area (Å²) in [6.07, 6.45) is 12.0. The normalized spacial score (nSPS) is 20.4. The van der Waals surface area contributed by atoms with Gasteiger partial charge in [0.2, 0.25) is 0 Å². The topological polar surface area (TPSA) is 30.5 Å². The van der Waals surface area contributed by atoms with Crippen LogP contribution < -0.4 is 5.32 Å². The first-order valence-corrected chi connectivity index (χ1v) is 8.75. The van der Waals surface area contributed by atoms with Crippen LogP contribution in [0.15, 0.2) is 0 Å². The lowest BCUT2D eigenvalue weighted by Crippen LogP contribution is -2.27. The minimum Gasteiger partial charge on any atom is -0.379 e. The summed E-state index contributed by atoms with van der Waals surface area (Å²) in [6.45, 7) is 8.20. The molecule has 3 nitrogen and oxygen atoms in total. The third kappa shape index (κ3) is 9.73. The Bertz CT molecular complexity index is 205. The standard InChI is InChI=1S/C17H35NO2/c1-3-4-5-6-7-10-16(2)18-12-9-13-19-15-17-11-8-14-20-17/h16-18H,3-15H2,1-2H3. The van der Waals surface area contributed by atoms with Gasteiger partial charge < -0.3 is 14.8 Å². The molecule has 0 spiro atoms. The molecule has 2 atom stereocenters. The van der Waals surface area contributed by atoms with Crippen molar-refractivity contribution < 1.29 is 9.47 Å². The molecule has 1 aliphatic rings. The van der Waals surface area contributed by atoms with Gasteiger partial charge in [-0.05, 0) is 39.2 Å². The lowest BCUT2D eigenvalue weighted by atomic mass is 10.1. The van der Waals surface area contributed by atoms with E-state index in [4.69, 9.17) is 9.47 Å². The molecule has 3 heteroatoms. The summed E-state index contributed by atoms with van der Waals surface area (Å²) in [7, 11) is 0. The molecule has 0 aromatic rings. The van der Waals surface area contributed by atoms with Crippen LogP contribution >= 0.6 is 0 Å². The van der Waals surface area contributed by atoms with Gasteiger partial charge in [-0.15, -0.1) is 0 Å². The zero-order chi connectivity index (χ0) is 14.5. The van der Waals surface area contributed by atoms with Crippen molar-refractivity contribution >= 4 is 0 Å². The molecule has 0 amide bonds. The molecule has 0 bridgehead atoms. The summed E-state index contributed by atoms with van der Waals surface area (Å²) in [4.78, 5) is 0. The number of unbranched alkanes of at least 4 members (excludes halogenated alkanes) is 4. The molecule has 120 valence electrons. The Hall–Kier alpha value is -0.120. The van der Waals surface area contributed by atoms with E-state index >= 15 is 0 Å².